The van der Waals surface area contributed by atoms with Crippen LogP contribution in [0.5, 0.6) is 0 Å². The van der Waals surface area contributed by atoms with E-state index in [1.165, 1.54) is 0 Å². The second-order valence-corrected chi connectivity index (χ2v) is 6.78. The smallest absolute Gasteiger partial charge is 0.272 e. The molecule has 0 saturated carbocycles. The van der Waals surface area contributed by atoms with Crippen LogP contribution in [0.25, 0.3) is 10.9 Å². The van der Waals surface area contributed by atoms with Gasteiger partial charge in [-0.2, -0.15) is 0 Å². The quantitative estimate of drug-likeness (QED) is 0.778. The SMILES string of the molecule is NC(=O)c1cc2ccccc2nc1[C@@H]1CCCN(C(=O)c2ccccn2)C1. The fourth-order valence-electron chi connectivity index (χ4n) is 3.68. The zero-order valence-electron chi connectivity index (χ0n) is 14.8. The molecule has 1 saturated heterocycles. The van der Waals surface area contributed by atoms with Crippen LogP contribution in [0, 0.1) is 0 Å². The largest absolute Gasteiger partial charge is 0.366 e. The Hall–Kier alpha value is -3.28. The van der Waals surface area contributed by atoms with Crippen LogP contribution in [0.4, 0.5) is 0 Å². The minimum atomic E-state index is -0.489. The minimum Gasteiger partial charge on any atom is -0.366 e. The average Bonchev–Trinajstić information content (AvgIpc) is 2.73. The van der Waals surface area contributed by atoms with E-state index in [4.69, 9.17) is 10.7 Å². The van der Waals surface area contributed by atoms with Gasteiger partial charge in [0.15, 0.2) is 0 Å². The van der Waals surface area contributed by atoms with E-state index in [-0.39, 0.29) is 11.8 Å². The summed E-state index contributed by atoms with van der Waals surface area (Å²) in [6.45, 7) is 1.17. The van der Waals surface area contributed by atoms with Crippen molar-refractivity contribution in [2.45, 2.75) is 18.8 Å². The molecule has 3 heterocycles. The maximum atomic E-state index is 12.8. The molecule has 6 nitrogen and oxygen atoms in total. The molecule has 2 aromatic heterocycles. The number of nitrogens with two attached hydrogens (primary N) is 1. The number of carbonyl (C=O) groups excluding carboxylic acids is 2. The van der Waals surface area contributed by atoms with Crippen molar-refractivity contribution in [3.05, 3.63) is 71.7 Å². The van der Waals surface area contributed by atoms with Gasteiger partial charge in [0, 0.05) is 30.6 Å². The van der Waals surface area contributed by atoms with Crippen LogP contribution < -0.4 is 5.73 Å². The van der Waals surface area contributed by atoms with Crippen LogP contribution in [0.1, 0.15) is 45.3 Å². The predicted octanol–water partition coefficient (Wildman–Crippen LogP) is 2.75. The fraction of sp³-hybridized carbons (Fsp3) is 0.238. The highest BCUT2D eigenvalue weighted by atomic mass is 16.2. The van der Waals surface area contributed by atoms with Crippen LogP contribution in [0.2, 0.25) is 0 Å². The number of piperidine rings is 1. The molecular formula is C21H20N4O2. The van der Waals surface area contributed by atoms with Gasteiger partial charge in [-0.15, -0.1) is 0 Å². The first-order chi connectivity index (χ1) is 13.1. The number of likely N-dealkylation sites (tertiary alicyclic amines) is 1. The second kappa shape index (κ2) is 7.15. The van der Waals surface area contributed by atoms with Gasteiger partial charge in [0.25, 0.3) is 11.8 Å². The average molecular weight is 360 g/mol. The van der Waals surface area contributed by atoms with Gasteiger partial charge < -0.3 is 10.6 Å². The molecule has 0 unspecified atom stereocenters. The monoisotopic (exact) mass is 360 g/mol. The molecule has 2 N–H and O–H groups in total. The van der Waals surface area contributed by atoms with Crippen LogP contribution >= 0.6 is 0 Å². The van der Waals surface area contributed by atoms with E-state index in [0.717, 1.165) is 23.7 Å². The molecule has 4 rings (SSSR count). The van der Waals surface area contributed by atoms with E-state index in [0.29, 0.717) is 30.0 Å². The van der Waals surface area contributed by atoms with Gasteiger partial charge in [0.2, 0.25) is 0 Å². The molecular weight excluding hydrogens is 340 g/mol. The Morgan fingerprint density at radius 2 is 1.93 bits per heavy atom. The number of hydrogen-bond donors (Lipinski definition) is 1. The topological polar surface area (TPSA) is 89.2 Å². The molecule has 3 aromatic rings. The lowest BCUT2D eigenvalue weighted by Crippen LogP contribution is -2.40. The number of pyridine rings is 2. The highest BCUT2D eigenvalue weighted by Crippen LogP contribution is 2.30. The van der Waals surface area contributed by atoms with Gasteiger partial charge >= 0.3 is 0 Å². The Morgan fingerprint density at radius 1 is 1.11 bits per heavy atom. The first-order valence-electron chi connectivity index (χ1n) is 9.03. The number of nitrogens with zero attached hydrogens (tertiary/aromatic N) is 3. The molecule has 1 atom stereocenters. The summed E-state index contributed by atoms with van der Waals surface area (Å²) >= 11 is 0. The van der Waals surface area contributed by atoms with E-state index in [2.05, 4.69) is 4.98 Å². The van der Waals surface area contributed by atoms with E-state index < -0.39 is 5.91 Å². The van der Waals surface area contributed by atoms with E-state index in [9.17, 15) is 9.59 Å². The normalized spacial score (nSPS) is 17.0. The molecule has 1 aliphatic heterocycles. The molecule has 0 radical (unpaired) electrons. The van der Waals surface area contributed by atoms with Crippen LogP contribution in [-0.4, -0.2) is 39.8 Å². The Kier molecular flexibility index (Phi) is 4.54. The third kappa shape index (κ3) is 3.38. The summed E-state index contributed by atoms with van der Waals surface area (Å²) in [4.78, 5) is 35.5. The summed E-state index contributed by atoms with van der Waals surface area (Å²) in [7, 11) is 0. The number of primary amides is 1. The zero-order chi connectivity index (χ0) is 18.8. The van der Waals surface area contributed by atoms with Crippen LogP contribution in [0.15, 0.2) is 54.7 Å². The van der Waals surface area contributed by atoms with Crippen LogP contribution in [0.3, 0.4) is 0 Å². The zero-order valence-corrected chi connectivity index (χ0v) is 14.8. The van der Waals surface area contributed by atoms with Crippen molar-refractivity contribution < 1.29 is 9.59 Å². The number of benzene rings is 1. The number of hydrogen-bond acceptors (Lipinski definition) is 4. The summed E-state index contributed by atoms with van der Waals surface area (Å²) in [6.07, 6.45) is 3.32. The maximum absolute atomic E-state index is 12.8. The highest BCUT2D eigenvalue weighted by molar-refractivity contribution is 5.98. The summed E-state index contributed by atoms with van der Waals surface area (Å²) in [5.74, 6) is -0.614. The number of amides is 2. The Bertz CT molecular complexity index is 1000. The first-order valence-corrected chi connectivity index (χ1v) is 9.03. The fourth-order valence-corrected chi connectivity index (χ4v) is 3.68. The van der Waals surface area contributed by atoms with E-state index in [1.54, 1.807) is 35.4 Å². The molecule has 27 heavy (non-hydrogen) atoms. The molecule has 1 aliphatic rings. The highest BCUT2D eigenvalue weighted by Gasteiger charge is 2.29. The number of para-hydroxylation sites is 1. The lowest BCUT2D eigenvalue weighted by atomic mass is 9.90. The molecule has 6 heteroatoms. The second-order valence-electron chi connectivity index (χ2n) is 6.78. The summed E-state index contributed by atoms with van der Waals surface area (Å²) in [6, 6.07) is 14.8. The maximum Gasteiger partial charge on any atom is 0.272 e. The Morgan fingerprint density at radius 3 is 2.70 bits per heavy atom. The number of aromatic nitrogens is 2. The molecule has 2 amide bonds. The van der Waals surface area contributed by atoms with Gasteiger partial charge in [-0.25, -0.2) is 0 Å². The summed E-state index contributed by atoms with van der Waals surface area (Å²) < 4.78 is 0. The van der Waals surface area contributed by atoms with Gasteiger partial charge in [-0.3, -0.25) is 19.6 Å². The van der Waals surface area contributed by atoms with Crippen molar-refractivity contribution in [2.75, 3.05) is 13.1 Å². The standard InChI is InChI=1S/C21H20N4O2/c22-20(26)16-12-14-6-1-2-8-17(14)24-19(16)15-7-5-11-25(13-15)21(27)18-9-3-4-10-23-18/h1-4,6,8-10,12,15H,5,7,11,13H2,(H2,22,26)/t15-/m1/s1. The molecule has 0 aliphatic carbocycles. The Balaban J connectivity index is 1.67. The lowest BCUT2D eigenvalue weighted by molar-refractivity contribution is 0.0700. The first kappa shape index (κ1) is 17.1. The lowest BCUT2D eigenvalue weighted by Gasteiger charge is -2.33. The third-order valence-corrected chi connectivity index (χ3v) is 5.00. The van der Waals surface area contributed by atoms with Gasteiger partial charge in [-0.05, 0) is 37.1 Å². The molecule has 0 spiro atoms. The van der Waals surface area contributed by atoms with Crippen molar-refractivity contribution in [1.82, 2.24) is 14.9 Å². The van der Waals surface area contributed by atoms with Crippen molar-refractivity contribution in [2.24, 2.45) is 5.73 Å². The Labute approximate surface area is 157 Å². The third-order valence-electron chi connectivity index (χ3n) is 5.00. The van der Waals surface area contributed by atoms with Crippen molar-refractivity contribution in [1.29, 1.82) is 0 Å². The van der Waals surface area contributed by atoms with Crippen molar-refractivity contribution >= 4 is 22.7 Å². The molecule has 0 bridgehead atoms. The minimum absolute atomic E-state index is 0.0291. The van der Waals surface area contributed by atoms with E-state index >= 15 is 0 Å². The molecule has 1 fully saturated rings. The van der Waals surface area contributed by atoms with Gasteiger partial charge in [0.1, 0.15) is 5.69 Å². The molecule has 1 aromatic carbocycles. The molecule has 136 valence electrons. The summed E-state index contributed by atoms with van der Waals surface area (Å²) in [5.41, 5.74) is 8.00. The van der Waals surface area contributed by atoms with Crippen molar-refractivity contribution in [3.63, 3.8) is 0 Å². The summed E-state index contributed by atoms with van der Waals surface area (Å²) in [5, 5.41) is 0.882. The van der Waals surface area contributed by atoms with Gasteiger partial charge in [0.05, 0.1) is 16.8 Å². The van der Waals surface area contributed by atoms with Gasteiger partial charge in [-0.1, -0.05) is 24.3 Å². The number of fused-ring (bicyclic) bond motifs is 1. The van der Waals surface area contributed by atoms with E-state index in [1.807, 2.05) is 24.3 Å². The predicted molar refractivity (Wildman–Crippen MR) is 102 cm³/mol. The van der Waals surface area contributed by atoms with Crippen molar-refractivity contribution in [3.8, 4) is 0 Å². The number of carbonyl (C=O) groups is 2. The number of rotatable bonds is 3. The van der Waals surface area contributed by atoms with Crippen LogP contribution in [-0.2, 0) is 0 Å².